The van der Waals surface area contributed by atoms with E-state index in [-0.39, 0.29) is 0 Å². The molecule has 1 atom stereocenters. The van der Waals surface area contributed by atoms with Crippen molar-refractivity contribution in [2.24, 2.45) is 5.14 Å². The van der Waals surface area contributed by atoms with Crippen LogP contribution in [0.4, 0.5) is 11.5 Å². The lowest BCUT2D eigenvalue weighted by atomic mass is 9.82. The number of pyridine rings is 1. The van der Waals surface area contributed by atoms with Crippen LogP contribution in [0.15, 0.2) is 48.5 Å². The molecule has 1 aliphatic carbocycles. The van der Waals surface area contributed by atoms with Crippen LogP contribution in [-0.4, -0.2) is 50.8 Å². The number of allylic oxidation sites excluding steroid dienone is 1. The normalized spacial score (nSPS) is 17.1. The molecule has 10 heteroatoms. The standard InChI is InChI=1S/C29H36N6O3S/c1-34(2)24-14-8-12-22-20(24)11-9-17-29(22,39(31,36)37)16-6-7-18-35-25(15-19-38-3)33-26-27(35)21-10-4-5-13-23(21)32-28(26)30/h4-5,8-14H,6-7,15-19H2,1-3H3,(H2,30,32)(H2,31,36,37). The van der Waals surface area contributed by atoms with Gasteiger partial charge in [-0.1, -0.05) is 42.5 Å². The maximum atomic E-state index is 13.2. The van der Waals surface area contributed by atoms with Crippen molar-refractivity contribution >= 4 is 49.5 Å². The summed E-state index contributed by atoms with van der Waals surface area (Å²) in [5.74, 6) is 1.27. The zero-order valence-corrected chi connectivity index (χ0v) is 23.5. The maximum absolute atomic E-state index is 13.2. The molecule has 39 heavy (non-hydrogen) atoms. The zero-order chi connectivity index (χ0) is 27.8. The largest absolute Gasteiger partial charge is 0.384 e. The molecule has 0 radical (unpaired) electrons. The Bertz CT molecular complexity index is 1660. The third-order valence-electron chi connectivity index (χ3n) is 7.76. The molecular weight excluding hydrogens is 512 g/mol. The second kappa shape index (κ2) is 10.6. The SMILES string of the molecule is COCCc1nc2c(N)nc3ccccc3c2n1CCCCC1(S(N)(=O)=O)CC=Cc2c(N(C)C)cccc21. The number of anilines is 2. The Labute approximate surface area is 229 Å². The first kappa shape index (κ1) is 27.1. The quantitative estimate of drug-likeness (QED) is 0.284. The van der Waals surface area contributed by atoms with Gasteiger partial charge in [0.15, 0.2) is 5.82 Å². The number of nitrogens with two attached hydrogens (primary N) is 2. The number of hydrogen-bond donors (Lipinski definition) is 2. The average Bonchev–Trinajstić information content (AvgIpc) is 3.28. The van der Waals surface area contributed by atoms with E-state index in [1.807, 2.05) is 73.6 Å². The lowest BCUT2D eigenvalue weighted by Crippen LogP contribution is -2.42. The summed E-state index contributed by atoms with van der Waals surface area (Å²) in [6, 6.07) is 13.7. The smallest absolute Gasteiger partial charge is 0.219 e. The molecule has 0 bridgehead atoms. The molecule has 206 valence electrons. The van der Waals surface area contributed by atoms with E-state index in [1.54, 1.807) is 7.11 Å². The third-order valence-corrected chi connectivity index (χ3v) is 9.44. The Morgan fingerprint density at radius 1 is 1.10 bits per heavy atom. The second-order valence-electron chi connectivity index (χ2n) is 10.4. The number of methoxy groups -OCH3 is 1. The molecule has 0 fully saturated rings. The fraction of sp³-hybridized carbons (Fsp3) is 0.379. The highest BCUT2D eigenvalue weighted by Gasteiger charge is 2.45. The monoisotopic (exact) mass is 548 g/mol. The van der Waals surface area contributed by atoms with Crippen molar-refractivity contribution in [3.63, 3.8) is 0 Å². The van der Waals surface area contributed by atoms with Crippen LogP contribution in [0.25, 0.3) is 28.0 Å². The predicted molar refractivity (Wildman–Crippen MR) is 158 cm³/mol. The number of fused-ring (bicyclic) bond motifs is 4. The van der Waals surface area contributed by atoms with Crippen LogP contribution in [-0.2, 0) is 32.5 Å². The number of hydrogen-bond acceptors (Lipinski definition) is 7. The molecule has 4 aromatic rings. The van der Waals surface area contributed by atoms with E-state index in [4.69, 9.17) is 20.6 Å². The first-order chi connectivity index (χ1) is 18.7. The van der Waals surface area contributed by atoms with Crippen molar-refractivity contribution in [1.29, 1.82) is 0 Å². The molecule has 0 spiro atoms. The minimum absolute atomic E-state index is 0.357. The summed E-state index contributed by atoms with van der Waals surface area (Å²) in [7, 11) is 1.69. The Morgan fingerprint density at radius 2 is 1.90 bits per heavy atom. The van der Waals surface area contributed by atoms with Gasteiger partial charge in [-0.05, 0) is 43.4 Å². The maximum Gasteiger partial charge on any atom is 0.219 e. The van der Waals surface area contributed by atoms with E-state index in [2.05, 4.69) is 9.55 Å². The number of aryl methyl sites for hydroxylation is 1. The van der Waals surface area contributed by atoms with E-state index in [9.17, 15) is 8.42 Å². The van der Waals surface area contributed by atoms with Crippen molar-refractivity contribution in [2.75, 3.05) is 38.4 Å². The van der Waals surface area contributed by atoms with Gasteiger partial charge in [-0.15, -0.1) is 0 Å². The van der Waals surface area contributed by atoms with Crippen LogP contribution in [0.3, 0.4) is 0 Å². The van der Waals surface area contributed by atoms with E-state index < -0.39 is 14.8 Å². The molecule has 2 aromatic heterocycles. The number of benzene rings is 2. The van der Waals surface area contributed by atoms with Crippen LogP contribution in [0.5, 0.6) is 0 Å². The first-order valence-electron chi connectivity index (χ1n) is 13.2. The van der Waals surface area contributed by atoms with Crippen LogP contribution in [0.2, 0.25) is 0 Å². The number of para-hydroxylation sites is 1. The van der Waals surface area contributed by atoms with Gasteiger partial charge in [-0.2, -0.15) is 0 Å². The lowest BCUT2D eigenvalue weighted by Gasteiger charge is -2.36. The van der Waals surface area contributed by atoms with Crippen molar-refractivity contribution in [3.8, 4) is 0 Å². The minimum Gasteiger partial charge on any atom is -0.384 e. The summed E-state index contributed by atoms with van der Waals surface area (Å²) in [4.78, 5) is 11.4. The second-order valence-corrected chi connectivity index (χ2v) is 12.2. The third kappa shape index (κ3) is 4.77. The fourth-order valence-corrected chi connectivity index (χ4v) is 7.09. The Morgan fingerprint density at radius 3 is 2.64 bits per heavy atom. The predicted octanol–water partition coefficient (Wildman–Crippen LogP) is 4.19. The van der Waals surface area contributed by atoms with Crippen molar-refractivity contribution in [2.45, 2.75) is 43.4 Å². The molecule has 4 N–H and O–H groups in total. The average molecular weight is 549 g/mol. The zero-order valence-electron chi connectivity index (χ0n) is 22.7. The van der Waals surface area contributed by atoms with Crippen LogP contribution in [0, 0.1) is 0 Å². The summed E-state index contributed by atoms with van der Waals surface area (Å²) in [6.07, 6.45) is 6.76. The van der Waals surface area contributed by atoms with E-state index in [0.717, 1.165) is 45.5 Å². The summed E-state index contributed by atoms with van der Waals surface area (Å²) >= 11 is 0. The van der Waals surface area contributed by atoms with E-state index in [0.29, 0.717) is 50.2 Å². The van der Waals surface area contributed by atoms with Crippen molar-refractivity contribution in [1.82, 2.24) is 14.5 Å². The Kier molecular flexibility index (Phi) is 7.37. The number of unbranched alkanes of at least 4 members (excludes halogenated alkanes) is 1. The van der Waals surface area contributed by atoms with Gasteiger partial charge < -0.3 is 19.9 Å². The Balaban J connectivity index is 1.47. The van der Waals surface area contributed by atoms with Crippen LogP contribution < -0.4 is 15.8 Å². The molecule has 0 aliphatic heterocycles. The van der Waals surface area contributed by atoms with Gasteiger partial charge in [0.2, 0.25) is 10.0 Å². The van der Waals surface area contributed by atoms with E-state index in [1.165, 1.54) is 0 Å². The number of primary sulfonamides is 1. The van der Waals surface area contributed by atoms with Gasteiger partial charge in [-0.3, -0.25) is 0 Å². The lowest BCUT2D eigenvalue weighted by molar-refractivity contribution is 0.199. The van der Waals surface area contributed by atoms with Gasteiger partial charge in [0.05, 0.1) is 17.6 Å². The van der Waals surface area contributed by atoms with Gasteiger partial charge in [-0.25, -0.2) is 23.5 Å². The highest BCUT2D eigenvalue weighted by molar-refractivity contribution is 7.90. The number of sulfonamides is 1. The van der Waals surface area contributed by atoms with Crippen molar-refractivity contribution in [3.05, 3.63) is 65.5 Å². The highest BCUT2D eigenvalue weighted by Crippen LogP contribution is 2.45. The van der Waals surface area contributed by atoms with Gasteiger partial charge in [0.25, 0.3) is 0 Å². The number of nitrogen functional groups attached to an aromatic ring is 1. The van der Waals surface area contributed by atoms with Gasteiger partial charge >= 0.3 is 0 Å². The molecule has 2 heterocycles. The summed E-state index contributed by atoms with van der Waals surface area (Å²) in [5.41, 5.74) is 11.4. The van der Waals surface area contributed by atoms with Crippen molar-refractivity contribution < 1.29 is 13.2 Å². The number of ether oxygens (including phenoxy) is 1. The van der Waals surface area contributed by atoms with Crippen LogP contribution >= 0.6 is 0 Å². The molecule has 0 saturated carbocycles. The number of rotatable bonds is 10. The van der Waals surface area contributed by atoms with E-state index >= 15 is 0 Å². The summed E-state index contributed by atoms with van der Waals surface area (Å²) in [5, 5.41) is 6.96. The molecule has 0 amide bonds. The van der Waals surface area contributed by atoms with Gasteiger partial charge in [0, 0.05) is 50.8 Å². The molecule has 1 unspecified atom stereocenters. The summed E-state index contributed by atoms with van der Waals surface area (Å²) < 4.78 is 32.7. The molecular formula is C29H36N6O3S. The van der Waals surface area contributed by atoms with Crippen LogP contribution in [0.1, 0.15) is 42.6 Å². The first-order valence-corrected chi connectivity index (χ1v) is 14.7. The molecule has 2 aromatic carbocycles. The number of imidazole rings is 1. The highest BCUT2D eigenvalue weighted by atomic mass is 32.2. The fourth-order valence-electron chi connectivity index (χ4n) is 5.85. The molecule has 9 nitrogen and oxygen atoms in total. The molecule has 5 rings (SSSR count). The number of nitrogens with zero attached hydrogens (tertiary/aromatic N) is 4. The molecule has 1 aliphatic rings. The minimum atomic E-state index is -3.90. The topological polar surface area (TPSA) is 129 Å². The summed E-state index contributed by atoms with van der Waals surface area (Å²) in [6.45, 7) is 1.19. The molecule has 0 saturated heterocycles. The number of aromatic nitrogens is 3. The van der Waals surface area contributed by atoms with Gasteiger partial charge in [0.1, 0.15) is 16.1 Å². The Hall–Kier alpha value is -3.47.